The van der Waals surface area contributed by atoms with Crippen molar-refractivity contribution in [2.45, 2.75) is 16.7 Å². The lowest BCUT2D eigenvalue weighted by atomic mass is 10.1. The average Bonchev–Trinajstić information content (AvgIpc) is 2.31. The molecular weight excluding hydrogens is 308 g/mol. The monoisotopic (exact) mass is 320 g/mol. The molecule has 0 radical (unpaired) electrons. The highest BCUT2D eigenvalue weighted by Gasteiger charge is 2.09. The van der Waals surface area contributed by atoms with E-state index in [1.807, 2.05) is 43.3 Å². The summed E-state index contributed by atoms with van der Waals surface area (Å²) in [5.41, 5.74) is 7.55. The Bertz CT molecular complexity index is 596. The van der Waals surface area contributed by atoms with Gasteiger partial charge in [0.2, 0.25) is 0 Å². The Labute approximate surface area is 119 Å². The number of aryl methyl sites for hydroxylation is 1. The summed E-state index contributed by atoms with van der Waals surface area (Å²) in [7, 11) is 0. The van der Waals surface area contributed by atoms with Gasteiger partial charge in [0.05, 0.1) is 0 Å². The van der Waals surface area contributed by atoms with Crippen molar-refractivity contribution in [3.05, 3.63) is 58.1 Å². The molecule has 0 aromatic heterocycles. The largest absolute Gasteiger partial charge is 0.384 e. The van der Waals surface area contributed by atoms with Crippen LogP contribution in [0, 0.1) is 12.3 Å². The van der Waals surface area contributed by atoms with Crippen LogP contribution < -0.4 is 5.73 Å². The second-order valence-corrected chi connectivity index (χ2v) is 5.92. The van der Waals surface area contributed by atoms with Crippen molar-refractivity contribution >= 4 is 33.5 Å². The van der Waals surface area contributed by atoms with Crippen LogP contribution in [0.5, 0.6) is 0 Å². The first kappa shape index (κ1) is 13.2. The molecule has 0 saturated carbocycles. The number of halogens is 1. The summed E-state index contributed by atoms with van der Waals surface area (Å²) in [4.78, 5) is 2.17. The molecule has 0 aliphatic rings. The van der Waals surface area contributed by atoms with Crippen LogP contribution in [0.1, 0.15) is 11.1 Å². The maximum atomic E-state index is 7.64. The predicted octanol–water partition coefficient (Wildman–Crippen LogP) is 4.19. The van der Waals surface area contributed by atoms with Crippen molar-refractivity contribution in [1.29, 1.82) is 5.41 Å². The van der Waals surface area contributed by atoms with Crippen LogP contribution in [0.4, 0.5) is 0 Å². The zero-order valence-electron chi connectivity index (χ0n) is 9.91. The number of benzene rings is 2. The lowest BCUT2D eigenvalue weighted by molar-refractivity contribution is 1.25. The second kappa shape index (κ2) is 5.59. The Hall–Kier alpha value is -1.26. The van der Waals surface area contributed by atoms with Gasteiger partial charge in [-0.05, 0) is 30.7 Å². The molecule has 18 heavy (non-hydrogen) atoms. The van der Waals surface area contributed by atoms with Gasteiger partial charge in [-0.1, -0.05) is 52.0 Å². The van der Waals surface area contributed by atoms with Crippen LogP contribution in [0.2, 0.25) is 0 Å². The molecule has 0 bridgehead atoms. The van der Waals surface area contributed by atoms with Crippen molar-refractivity contribution in [2.75, 3.05) is 0 Å². The van der Waals surface area contributed by atoms with E-state index < -0.39 is 0 Å². The Morgan fingerprint density at radius 2 is 1.94 bits per heavy atom. The lowest BCUT2D eigenvalue weighted by Gasteiger charge is -2.11. The zero-order valence-corrected chi connectivity index (χ0v) is 12.3. The van der Waals surface area contributed by atoms with Crippen molar-refractivity contribution in [2.24, 2.45) is 5.73 Å². The molecule has 0 saturated heterocycles. The number of nitrogen functional groups attached to an aromatic ring is 1. The van der Waals surface area contributed by atoms with Crippen molar-refractivity contribution in [1.82, 2.24) is 0 Å². The van der Waals surface area contributed by atoms with Crippen LogP contribution in [-0.4, -0.2) is 5.84 Å². The normalized spacial score (nSPS) is 10.3. The van der Waals surface area contributed by atoms with Gasteiger partial charge in [-0.15, -0.1) is 0 Å². The van der Waals surface area contributed by atoms with E-state index in [4.69, 9.17) is 11.1 Å². The molecule has 0 aliphatic heterocycles. The molecule has 0 fully saturated rings. The highest BCUT2D eigenvalue weighted by atomic mass is 79.9. The molecule has 0 atom stereocenters. The number of nitrogens with one attached hydrogen (secondary N) is 1. The van der Waals surface area contributed by atoms with E-state index in [-0.39, 0.29) is 5.84 Å². The molecule has 2 aromatic rings. The van der Waals surface area contributed by atoms with Crippen LogP contribution in [-0.2, 0) is 0 Å². The zero-order chi connectivity index (χ0) is 13.1. The molecule has 0 amide bonds. The average molecular weight is 321 g/mol. The van der Waals surface area contributed by atoms with Gasteiger partial charge in [0, 0.05) is 19.8 Å². The fourth-order valence-corrected chi connectivity index (χ4v) is 3.28. The van der Waals surface area contributed by atoms with Gasteiger partial charge in [-0.3, -0.25) is 5.41 Å². The van der Waals surface area contributed by atoms with E-state index >= 15 is 0 Å². The quantitative estimate of drug-likeness (QED) is 0.658. The Balaban J connectivity index is 2.42. The second-order valence-electron chi connectivity index (χ2n) is 3.92. The van der Waals surface area contributed by atoms with E-state index in [0.29, 0.717) is 0 Å². The highest BCUT2D eigenvalue weighted by molar-refractivity contribution is 9.10. The van der Waals surface area contributed by atoms with Crippen LogP contribution in [0.15, 0.2) is 56.7 Å². The van der Waals surface area contributed by atoms with E-state index in [9.17, 15) is 0 Å². The molecule has 2 aromatic carbocycles. The van der Waals surface area contributed by atoms with Gasteiger partial charge in [0.15, 0.2) is 0 Å². The molecule has 3 N–H and O–H groups in total. The smallest absolute Gasteiger partial charge is 0.123 e. The van der Waals surface area contributed by atoms with Gasteiger partial charge < -0.3 is 5.73 Å². The molecule has 92 valence electrons. The third-order valence-electron chi connectivity index (χ3n) is 2.52. The predicted molar refractivity (Wildman–Crippen MR) is 80.5 cm³/mol. The standard InChI is InChI=1S/C14H13BrN2S/c1-9-4-2-7-12(14(16)17)13(9)18-11-6-3-5-10(15)8-11/h2-8H,1H3,(H3,16,17). The summed E-state index contributed by atoms with van der Waals surface area (Å²) in [6.07, 6.45) is 0. The number of amidine groups is 1. The first-order valence-corrected chi connectivity index (χ1v) is 7.06. The summed E-state index contributed by atoms with van der Waals surface area (Å²) in [6.45, 7) is 2.03. The van der Waals surface area contributed by atoms with Crippen molar-refractivity contribution < 1.29 is 0 Å². The summed E-state index contributed by atoms with van der Waals surface area (Å²) in [5, 5.41) is 7.64. The molecule has 2 nitrogen and oxygen atoms in total. The van der Waals surface area contributed by atoms with Gasteiger partial charge in [-0.2, -0.15) is 0 Å². The molecule has 0 aliphatic carbocycles. The summed E-state index contributed by atoms with van der Waals surface area (Å²) in [5.74, 6) is 0.108. The number of hydrogen-bond acceptors (Lipinski definition) is 2. The first-order chi connectivity index (χ1) is 8.58. The molecule has 0 unspecified atom stereocenters. The van der Waals surface area contributed by atoms with E-state index in [1.54, 1.807) is 11.8 Å². The number of rotatable bonds is 3. The van der Waals surface area contributed by atoms with Crippen LogP contribution >= 0.6 is 27.7 Å². The fourth-order valence-electron chi connectivity index (χ4n) is 1.65. The number of nitrogens with two attached hydrogens (primary N) is 1. The minimum Gasteiger partial charge on any atom is -0.384 e. The minimum atomic E-state index is 0.108. The number of hydrogen-bond donors (Lipinski definition) is 2. The Morgan fingerprint density at radius 1 is 1.22 bits per heavy atom. The maximum Gasteiger partial charge on any atom is 0.123 e. The van der Waals surface area contributed by atoms with Crippen LogP contribution in [0.3, 0.4) is 0 Å². The third-order valence-corrected chi connectivity index (χ3v) is 4.25. The molecular formula is C14H13BrN2S. The molecule has 0 spiro atoms. The fraction of sp³-hybridized carbons (Fsp3) is 0.0714. The summed E-state index contributed by atoms with van der Waals surface area (Å²) < 4.78 is 1.05. The van der Waals surface area contributed by atoms with Gasteiger partial charge in [0.25, 0.3) is 0 Å². The Morgan fingerprint density at radius 3 is 2.61 bits per heavy atom. The minimum absolute atomic E-state index is 0.108. The molecule has 4 heteroatoms. The van der Waals surface area contributed by atoms with E-state index in [1.165, 1.54) is 0 Å². The Kier molecular flexibility index (Phi) is 4.09. The van der Waals surface area contributed by atoms with Gasteiger partial charge in [0.1, 0.15) is 5.84 Å². The summed E-state index contributed by atoms with van der Waals surface area (Å²) >= 11 is 5.09. The highest BCUT2D eigenvalue weighted by Crippen LogP contribution is 2.34. The maximum absolute atomic E-state index is 7.64. The first-order valence-electron chi connectivity index (χ1n) is 5.45. The van der Waals surface area contributed by atoms with Gasteiger partial charge in [-0.25, -0.2) is 0 Å². The molecule has 2 rings (SSSR count). The van der Waals surface area contributed by atoms with Gasteiger partial charge >= 0.3 is 0 Å². The topological polar surface area (TPSA) is 49.9 Å². The summed E-state index contributed by atoms with van der Waals surface area (Å²) in [6, 6.07) is 13.9. The van der Waals surface area contributed by atoms with E-state index in [0.717, 1.165) is 25.4 Å². The van der Waals surface area contributed by atoms with E-state index in [2.05, 4.69) is 22.0 Å². The molecule has 0 heterocycles. The lowest BCUT2D eigenvalue weighted by Crippen LogP contribution is -2.12. The van der Waals surface area contributed by atoms with Crippen molar-refractivity contribution in [3.8, 4) is 0 Å². The third kappa shape index (κ3) is 2.94. The SMILES string of the molecule is Cc1cccc(C(=N)N)c1Sc1cccc(Br)c1. The van der Waals surface area contributed by atoms with Crippen LogP contribution in [0.25, 0.3) is 0 Å². The van der Waals surface area contributed by atoms with Crippen molar-refractivity contribution in [3.63, 3.8) is 0 Å².